The van der Waals surface area contributed by atoms with Crippen molar-refractivity contribution in [1.82, 2.24) is 9.47 Å². The van der Waals surface area contributed by atoms with Crippen molar-refractivity contribution >= 4 is 16.7 Å². The van der Waals surface area contributed by atoms with Crippen LogP contribution in [0.3, 0.4) is 0 Å². The van der Waals surface area contributed by atoms with Crippen molar-refractivity contribution in [3.8, 4) is 0 Å². The molecule has 0 spiro atoms. The lowest BCUT2D eigenvalue weighted by Crippen LogP contribution is -2.32. The standard InChI is InChI=1S/C26H25FN2O/c1-2-15-29(26(30)25-14-6-10-21-9-3-4-13-24(21)25)19-23-12-7-16-28(23)18-20-8-5-11-22(27)17-20/h3-14,16-17H,2,15,18-19H2,1H3. The van der Waals surface area contributed by atoms with Crippen LogP contribution in [-0.4, -0.2) is 21.9 Å². The van der Waals surface area contributed by atoms with Crippen LogP contribution >= 0.6 is 0 Å². The molecule has 0 radical (unpaired) electrons. The second-order valence-electron chi connectivity index (χ2n) is 7.51. The molecule has 30 heavy (non-hydrogen) atoms. The molecule has 0 saturated carbocycles. The Kier molecular flexibility index (Phi) is 5.94. The van der Waals surface area contributed by atoms with Crippen molar-refractivity contribution in [2.75, 3.05) is 6.54 Å². The first-order valence-corrected chi connectivity index (χ1v) is 10.3. The Bertz CT molecular complexity index is 1160. The van der Waals surface area contributed by atoms with Crippen LogP contribution < -0.4 is 0 Å². The molecule has 3 nitrogen and oxygen atoms in total. The van der Waals surface area contributed by atoms with Gasteiger partial charge in [-0.05, 0) is 53.1 Å². The van der Waals surface area contributed by atoms with E-state index < -0.39 is 0 Å². The minimum atomic E-state index is -0.236. The number of halogens is 1. The zero-order valence-corrected chi connectivity index (χ0v) is 17.1. The summed E-state index contributed by atoms with van der Waals surface area (Å²) in [6, 6.07) is 24.5. The van der Waals surface area contributed by atoms with Gasteiger partial charge in [0.05, 0.1) is 6.54 Å². The predicted octanol–water partition coefficient (Wildman–Crippen LogP) is 5.88. The molecule has 3 aromatic carbocycles. The molecule has 4 heteroatoms. The number of aromatic nitrogens is 1. The summed E-state index contributed by atoms with van der Waals surface area (Å²) in [7, 11) is 0. The summed E-state index contributed by atoms with van der Waals surface area (Å²) < 4.78 is 15.6. The van der Waals surface area contributed by atoms with Gasteiger partial charge in [0.25, 0.3) is 5.91 Å². The summed E-state index contributed by atoms with van der Waals surface area (Å²) in [5, 5.41) is 2.04. The number of hydrogen-bond donors (Lipinski definition) is 0. The van der Waals surface area contributed by atoms with Crippen LogP contribution in [0.1, 0.15) is 35.0 Å². The van der Waals surface area contributed by atoms with Gasteiger partial charge in [-0.1, -0.05) is 55.5 Å². The van der Waals surface area contributed by atoms with Crippen LogP contribution in [0.5, 0.6) is 0 Å². The molecule has 0 aliphatic heterocycles. The third-order valence-electron chi connectivity index (χ3n) is 5.32. The van der Waals surface area contributed by atoms with Gasteiger partial charge < -0.3 is 9.47 Å². The molecule has 0 N–H and O–H groups in total. The highest BCUT2D eigenvalue weighted by Gasteiger charge is 2.19. The van der Waals surface area contributed by atoms with E-state index in [-0.39, 0.29) is 11.7 Å². The summed E-state index contributed by atoms with van der Waals surface area (Å²) in [5.74, 6) is -0.202. The molecule has 0 unspecified atom stereocenters. The Hall–Kier alpha value is -3.40. The number of hydrogen-bond acceptors (Lipinski definition) is 1. The zero-order chi connectivity index (χ0) is 20.9. The number of rotatable bonds is 7. The predicted molar refractivity (Wildman–Crippen MR) is 119 cm³/mol. The Morgan fingerprint density at radius 2 is 1.77 bits per heavy atom. The number of nitrogens with zero attached hydrogens (tertiary/aromatic N) is 2. The number of carbonyl (C=O) groups excluding carboxylic acids is 1. The van der Waals surface area contributed by atoms with E-state index in [0.29, 0.717) is 19.6 Å². The molecule has 0 saturated heterocycles. The van der Waals surface area contributed by atoms with Gasteiger partial charge in [-0.3, -0.25) is 4.79 Å². The molecular formula is C26H25FN2O. The summed E-state index contributed by atoms with van der Waals surface area (Å²) in [5.41, 5.74) is 2.65. The monoisotopic (exact) mass is 400 g/mol. The quantitative estimate of drug-likeness (QED) is 0.380. The van der Waals surface area contributed by atoms with Gasteiger partial charge in [0.2, 0.25) is 0 Å². The van der Waals surface area contributed by atoms with Crippen molar-refractivity contribution in [3.05, 3.63) is 108 Å². The third kappa shape index (κ3) is 4.28. The smallest absolute Gasteiger partial charge is 0.254 e. The van der Waals surface area contributed by atoms with Crippen LogP contribution in [0.4, 0.5) is 4.39 Å². The van der Waals surface area contributed by atoms with Crippen molar-refractivity contribution in [3.63, 3.8) is 0 Å². The van der Waals surface area contributed by atoms with Crippen molar-refractivity contribution in [1.29, 1.82) is 0 Å². The second kappa shape index (κ2) is 8.95. The molecular weight excluding hydrogens is 375 g/mol. The van der Waals surface area contributed by atoms with E-state index in [9.17, 15) is 9.18 Å². The summed E-state index contributed by atoms with van der Waals surface area (Å²) in [6.45, 7) is 3.84. The number of fused-ring (bicyclic) bond motifs is 1. The third-order valence-corrected chi connectivity index (χ3v) is 5.32. The molecule has 0 aliphatic rings. The fourth-order valence-electron chi connectivity index (χ4n) is 3.88. The first-order chi connectivity index (χ1) is 14.7. The summed E-state index contributed by atoms with van der Waals surface area (Å²) in [6.07, 6.45) is 2.86. The van der Waals surface area contributed by atoms with Gasteiger partial charge in [-0.25, -0.2) is 4.39 Å². The van der Waals surface area contributed by atoms with E-state index in [2.05, 4.69) is 11.5 Å². The van der Waals surface area contributed by atoms with Gasteiger partial charge in [0.1, 0.15) is 5.82 Å². The second-order valence-corrected chi connectivity index (χ2v) is 7.51. The van der Waals surface area contributed by atoms with Crippen LogP contribution in [0, 0.1) is 5.82 Å². The number of carbonyl (C=O) groups is 1. The van der Waals surface area contributed by atoms with E-state index in [0.717, 1.165) is 34.0 Å². The largest absolute Gasteiger partial charge is 0.345 e. The average molecular weight is 400 g/mol. The minimum Gasteiger partial charge on any atom is -0.345 e. The Morgan fingerprint density at radius 3 is 2.60 bits per heavy atom. The Labute approximate surface area is 176 Å². The van der Waals surface area contributed by atoms with E-state index in [1.54, 1.807) is 12.1 Å². The van der Waals surface area contributed by atoms with E-state index in [1.165, 1.54) is 6.07 Å². The molecule has 4 rings (SSSR count). The van der Waals surface area contributed by atoms with Crippen molar-refractivity contribution in [2.45, 2.75) is 26.4 Å². The lowest BCUT2D eigenvalue weighted by atomic mass is 10.0. The SMILES string of the molecule is CCCN(Cc1cccn1Cc1cccc(F)c1)C(=O)c1cccc2ccccc12. The van der Waals surface area contributed by atoms with Crippen LogP contribution in [-0.2, 0) is 13.1 Å². The van der Waals surface area contributed by atoms with Crippen LogP contribution in [0.2, 0.25) is 0 Å². The molecule has 4 aromatic rings. The summed E-state index contributed by atoms with van der Waals surface area (Å²) in [4.78, 5) is 15.4. The molecule has 1 aromatic heterocycles. The van der Waals surface area contributed by atoms with E-state index in [4.69, 9.17) is 0 Å². The van der Waals surface area contributed by atoms with Crippen molar-refractivity contribution in [2.24, 2.45) is 0 Å². The number of benzene rings is 3. The topological polar surface area (TPSA) is 25.2 Å². The maximum absolute atomic E-state index is 13.6. The maximum atomic E-state index is 13.6. The first kappa shape index (κ1) is 19.9. The van der Waals surface area contributed by atoms with Gasteiger partial charge in [0.15, 0.2) is 0 Å². The molecule has 1 heterocycles. The molecule has 152 valence electrons. The highest BCUT2D eigenvalue weighted by molar-refractivity contribution is 6.07. The zero-order valence-electron chi connectivity index (χ0n) is 17.1. The van der Waals surface area contributed by atoms with Gasteiger partial charge >= 0.3 is 0 Å². The normalized spacial score (nSPS) is 11.0. The van der Waals surface area contributed by atoms with Gasteiger partial charge in [-0.15, -0.1) is 0 Å². The van der Waals surface area contributed by atoms with Crippen LogP contribution in [0.25, 0.3) is 10.8 Å². The van der Waals surface area contributed by atoms with Crippen LogP contribution in [0.15, 0.2) is 85.1 Å². The Morgan fingerprint density at radius 1 is 0.967 bits per heavy atom. The van der Waals surface area contributed by atoms with E-state index in [1.807, 2.05) is 71.8 Å². The lowest BCUT2D eigenvalue weighted by Gasteiger charge is -2.24. The molecule has 0 aliphatic carbocycles. The van der Waals surface area contributed by atoms with Gasteiger partial charge in [-0.2, -0.15) is 0 Å². The fourth-order valence-corrected chi connectivity index (χ4v) is 3.88. The Balaban J connectivity index is 1.60. The molecule has 0 fully saturated rings. The first-order valence-electron chi connectivity index (χ1n) is 10.3. The maximum Gasteiger partial charge on any atom is 0.254 e. The lowest BCUT2D eigenvalue weighted by molar-refractivity contribution is 0.0741. The fraction of sp³-hybridized carbons (Fsp3) is 0.192. The van der Waals surface area contributed by atoms with Crippen molar-refractivity contribution < 1.29 is 9.18 Å². The van der Waals surface area contributed by atoms with Gasteiger partial charge in [0, 0.05) is 30.5 Å². The number of amides is 1. The minimum absolute atomic E-state index is 0.0344. The average Bonchev–Trinajstić information content (AvgIpc) is 3.19. The summed E-state index contributed by atoms with van der Waals surface area (Å²) >= 11 is 0. The molecule has 1 amide bonds. The highest BCUT2D eigenvalue weighted by atomic mass is 19.1. The molecule has 0 bridgehead atoms. The molecule has 0 atom stereocenters. The van der Waals surface area contributed by atoms with E-state index >= 15 is 0 Å². The highest BCUT2D eigenvalue weighted by Crippen LogP contribution is 2.21.